The van der Waals surface area contributed by atoms with Gasteiger partial charge >= 0.3 is 0 Å². The van der Waals surface area contributed by atoms with Gasteiger partial charge in [-0.3, -0.25) is 0 Å². The number of benzene rings is 1. The molecule has 114 valence electrons. The Morgan fingerprint density at radius 3 is 2.25 bits per heavy atom. The van der Waals surface area contributed by atoms with E-state index >= 15 is 0 Å². The first-order valence-electron chi connectivity index (χ1n) is 7.31. The van der Waals surface area contributed by atoms with Crippen LogP contribution in [0.25, 0.3) is 0 Å². The van der Waals surface area contributed by atoms with Crippen molar-refractivity contribution >= 4 is 15.7 Å². The summed E-state index contributed by atoms with van der Waals surface area (Å²) in [6, 6.07) is 7.30. The summed E-state index contributed by atoms with van der Waals surface area (Å²) in [7, 11) is -3.44. The summed E-state index contributed by atoms with van der Waals surface area (Å²) in [5.74, 6) is 0.532. The molecule has 0 saturated carbocycles. The monoisotopic (exact) mass is 298 g/mol. The molecule has 5 heteroatoms. The number of nitrogens with one attached hydrogen (secondary N) is 2. The molecule has 0 bridgehead atoms. The van der Waals surface area contributed by atoms with Gasteiger partial charge in [0.05, 0.1) is 5.69 Å². The zero-order chi connectivity index (χ0) is 15.2. The Balaban J connectivity index is 3.02. The maximum Gasteiger partial charge on any atom is 0.242 e. The Morgan fingerprint density at radius 1 is 1.10 bits per heavy atom. The first kappa shape index (κ1) is 17.0. The molecule has 0 aromatic heterocycles. The van der Waals surface area contributed by atoms with Crippen molar-refractivity contribution in [2.24, 2.45) is 5.92 Å². The molecule has 1 rings (SSSR count). The van der Waals surface area contributed by atoms with Crippen molar-refractivity contribution in [1.29, 1.82) is 0 Å². The quantitative estimate of drug-likeness (QED) is 0.774. The highest BCUT2D eigenvalue weighted by molar-refractivity contribution is 7.89. The lowest BCUT2D eigenvalue weighted by Gasteiger charge is -2.24. The van der Waals surface area contributed by atoms with Gasteiger partial charge in [0.15, 0.2) is 0 Å². The molecular weight excluding hydrogens is 272 g/mol. The largest absolute Gasteiger partial charge is 0.381 e. The molecule has 20 heavy (non-hydrogen) atoms. The van der Waals surface area contributed by atoms with Crippen LogP contribution in [-0.2, 0) is 10.0 Å². The molecule has 0 saturated heterocycles. The van der Waals surface area contributed by atoms with Crippen LogP contribution < -0.4 is 10.0 Å². The summed E-state index contributed by atoms with van der Waals surface area (Å²) in [5.41, 5.74) is 0.674. The minimum Gasteiger partial charge on any atom is -0.381 e. The SMILES string of the molecule is CCNS(=O)(=O)c1ccccc1NC(C)C(CC)CC. The smallest absolute Gasteiger partial charge is 0.242 e. The molecule has 4 nitrogen and oxygen atoms in total. The Morgan fingerprint density at radius 2 is 1.70 bits per heavy atom. The molecule has 0 radical (unpaired) electrons. The van der Waals surface area contributed by atoms with Crippen LogP contribution >= 0.6 is 0 Å². The van der Waals surface area contributed by atoms with Gasteiger partial charge in [0, 0.05) is 12.6 Å². The Bertz CT molecular complexity index is 510. The van der Waals surface area contributed by atoms with Crippen LogP contribution in [0.15, 0.2) is 29.2 Å². The third-order valence-corrected chi connectivity index (χ3v) is 5.25. The van der Waals surface area contributed by atoms with Crippen molar-refractivity contribution in [2.45, 2.75) is 51.5 Å². The van der Waals surface area contributed by atoms with Crippen molar-refractivity contribution in [2.75, 3.05) is 11.9 Å². The highest BCUT2D eigenvalue weighted by Crippen LogP contribution is 2.24. The summed E-state index contributed by atoms with van der Waals surface area (Å²) in [4.78, 5) is 0.319. The number of anilines is 1. The summed E-state index contributed by atoms with van der Waals surface area (Å²) >= 11 is 0. The van der Waals surface area contributed by atoms with Gasteiger partial charge < -0.3 is 5.32 Å². The second-order valence-corrected chi connectivity index (χ2v) is 6.74. The van der Waals surface area contributed by atoms with Gasteiger partial charge in [-0.05, 0) is 25.0 Å². The van der Waals surface area contributed by atoms with E-state index in [0.29, 0.717) is 23.0 Å². The third-order valence-electron chi connectivity index (χ3n) is 3.65. The zero-order valence-corrected chi connectivity index (χ0v) is 13.6. The van der Waals surface area contributed by atoms with Gasteiger partial charge in [-0.15, -0.1) is 0 Å². The van der Waals surface area contributed by atoms with Crippen LogP contribution in [0.1, 0.15) is 40.5 Å². The molecule has 0 amide bonds. The van der Waals surface area contributed by atoms with Gasteiger partial charge in [-0.2, -0.15) is 0 Å². The Hall–Kier alpha value is -1.07. The number of hydrogen-bond acceptors (Lipinski definition) is 3. The topological polar surface area (TPSA) is 58.2 Å². The Labute approximate surface area is 123 Å². The fraction of sp³-hybridized carbons (Fsp3) is 0.600. The van der Waals surface area contributed by atoms with Gasteiger partial charge in [-0.1, -0.05) is 45.7 Å². The molecule has 0 fully saturated rings. The summed E-state index contributed by atoms with van der Waals surface area (Å²) < 4.78 is 26.9. The van der Waals surface area contributed by atoms with E-state index in [-0.39, 0.29) is 6.04 Å². The molecule has 0 heterocycles. The maximum absolute atomic E-state index is 12.2. The number of sulfonamides is 1. The first-order chi connectivity index (χ1) is 9.46. The highest BCUT2D eigenvalue weighted by atomic mass is 32.2. The minimum atomic E-state index is -3.44. The van der Waals surface area contributed by atoms with Gasteiger partial charge in [-0.25, -0.2) is 13.1 Å². The van der Waals surface area contributed by atoms with Crippen LogP contribution in [0.5, 0.6) is 0 Å². The maximum atomic E-state index is 12.2. The van der Waals surface area contributed by atoms with Gasteiger partial charge in [0.1, 0.15) is 4.90 Å². The van der Waals surface area contributed by atoms with E-state index in [1.165, 1.54) is 0 Å². The van der Waals surface area contributed by atoms with Crippen molar-refractivity contribution in [3.63, 3.8) is 0 Å². The van der Waals surface area contributed by atoms with Crippen LogP contribution in [0.3, 0.4) is 0 Å². The lowest BCUT2D eigenvalue weighted by Crippen LogP contribution is -2.28. The fourth-order valence-electron chi connectivity index (χ4n) is 2.45. The molecule has 0 aliphatic carbocycles. The van der Waals surface area contributed by atoms with E-state index in [9.17, 15) is 8.42 Å². The van der Waals surface area contributed by atoms with Crippen molar-refractivity contribution in [3.8, 4) is 0 Å². The van der Waals surface area contributed by atoms with Crippen LogP contribution in [0, 0.1) is 5.92 Å². The second kappa shape index (κ2) is 7.64. The summed E-state index contributed by atoms with van der Waals surface area (Å²) in [6.07, 6.45) is 2.15. The third kappa shape index (κ3) is 4.21. The predicted octanol–water partition coefficient (Wildman–Crippen LogP) is 3.22. The molecule has 0 aliphatic rings. The van der Waals surface area contributed by atoms with Crippen molar-refractivity contribution in [1.82, 2.24) is 4.72 Å². The predicted molar refractivity (Wildman–Crippen MR) is 84.5 cm³/mol. The van der Waals surface area contributed by atoms with Gasteiger partial charge in [0.25, 0.3) is 0 Å². The number of rotatable bonds is 8. The summed E-state index contributed by atoms with van der Waals surface area (Å²) in [6.45, 7) is 8.59. The molecule has 1 aromatic rings. The van der Waals surface area contributed by atoms with E-state index in [4.69, 9.17) is 0 Å². The molecule has 0 aliphatic heterocycles. The summed E-state index contributed by atoms with van der Waals surface area (Å²) in [5, 5.41) is 3.36. The molecule has 0 spiro atoms. The standard InChI is InChI=1S/C15H26N2O2S/c1-5-13(6-2)12(4)17-14-10-8-9-11-15(14)20(18,19)16-7-3/h8-13,16-17H,5-7H2,1-4H3. The normalized spacial score (nSPS) is 13.4. The minimum absolute atomic E-state index is 0.239. The average Bonchev–Trinajstić information content (AvgIpc) is 2.40. The first-order valence-corrected chi connectivity index (χ1v) is 8.79. The molecule has 1 atom stereocenters. The van der Waals surface area contributed by atoms with E-state index in [1.807, 2.05) is 12.1 Å². The molecule has 1 unspecified atom stereocenters. The van der Waals surface area contributed by atoms with Crippen LogP contribution in [0.4, 0.5) is 5.69 Å². The van der Waals surface area contributed by atoms with Crippen molar-refractivity contribution < 1.29 is 8.42 Å². The van der Waals surface area contributed by atoms with E-state index in [0.717, 1.165) is 12.8 Å². The molecular formula is C15H26N2O2S. The number of hydrogen-bond donors (Lipinski definition) is 2. The molecule has 2 N–H and O–H groups in total. The fourth-order valence-corrected chi connectivity index (χ4v) is 3.66. The molecule has 1 aromatic carbocycles. The van der Waals surface area contributed by atoms with E-state index in [2.05, 4.69) is 30.8 Å². The lowest BCUT2D eigenvalue weighted by atomic mass is 9.95. The highest BCUT2D eigenvalue weighted by Gasteiger charge is 2.20. The van der Waals surface area contributed by atoms with E-state index < -0.39 is 10.0 Å². The van der Waals surface area contributed by atoms with Crippen LogP contribution in [-0.4, -0.2) is 21.0 Å². The van der Waals surface area contributed by atoms with Crippen LogP contribution in [0.2, 0.25) is 0 Å². The van der Waals surface area contributed by atoms with E-state index in [1.54, 1.807) is 19.1 Å². The zero-order valence-electron chi connectivity index (χ0n) is 12.8. The number of para-hydroxylation sites is 1. The average molecular weight is 298 g/mol. The second-order valence-electron chi connectivity index (χ2n) is 5.01. The lowest BCUT2D eigenvalue weighted by molar-refractivity contribution is 0.437. The van der Waals surface area contributed by atoms with Crippen molar-refractivity contribution in [3.05, 3.63) is 24.3 Å². The van der Waals surface area contributed by atoms with Gasteiger partial charge in [0.2, 0.25) is 10.0 Å². The Kier molecular flexibility index (Phi) is 6.49.